The first-order valence-electron chi connectivity index (χ1n) is 8.33. The predicted molar refractivity (Wildman–Crippen MR) is 106 cm³/mol. The van der Waals surface area contributed by atoms with Gasteiger partial charge in [0.1, 0.15) is 10.7 Å². The van der Waals surface area contributed by atoms with Crippen molar-refractivity contribution >= 4 is 40.2 Å². The fourth-order valence-electron chi connectivity index (χ4n) is 3.07. The third kappa shape index (κ3) is 3.18. The third-order valence-corrected chi connectivity index (χ3v) is 5.47. The predicted octanol–water partition coefficient (Wildman–Crippen LogP) is 4.35. The average Bonchev–Trinajstić information content (AvgIpc) is 3.09. The molecular formula is C19H17ClN4OS. The summed E-state index contributed by atoms with van der Waals surface area (Å²) in [5.74, 6) is -0.109. The number of carbonyl (C=O) groups is 1. The molecule has 3 aromatic rings. The molecule has 1 aliphatic heterocycles. The van der Waals surface area contributed by atoms with Gasteiger partial charge in [-0.1, -0.05) is 17.7 Å². The highest BCUT2D eigenvalue weighted by Crippen LogP contribution is 2.35. The Morgan fingerprint density at radius 1 is 1.19 bits per heavy atom. The van der Waals surface area contributed by atoms with Gasteiger partial charge in [0, 0.05) is 36.7 Å². The fraction of sp³-hybridized carbons (Fsp3) is 0.211. The van der Waals surface area contributed by atoms with E-state index in [4.69, 9.17) is 11.6 Å². The lowest BCUT2D eigenvalue weighted by atomic mass is 10.2. The van der Waals surface area contributed by atoms with Gasteiger partial charge < -0.3 is 9.80 Å². The maximum absolute atomic E-state index is 13.2. The summed E-state index contributed by atoms with van der Waals surface area (Å²) in [5, 5.41) is 3.15. The van der Waals surface area contributed by atoms with Gasteiger partial charge in [-0.3, -0.25) is 9.78 Å². The van der Waals surface area contributed by atoms with Gasteiger partial charge in [-0.15, -0.1) is 11.3 Å². The van der Waals surface area contributed by atoms with Crippen LogP contribution in [0.25, 0.3) is 10.7 Å². The van der Waals surface area contributed by atoms with Gasteiger partial charge in [0.25, 0.3) is 5.91 Å². The SMILES string of the molecule is CN1CCCN(C(=O)c2csc(-c3ccccn3)n2)c2cc(Cl)ccc21. The van der Waals surface area contributed by atoms with Gasteiger partial charge in [0.2, 0.25) is 0 Å². The molecule has 0 atom stereocenters. The molecular weight excluding hydrogens is 368 g/mol. The summed E-state index contributed by atoms with van der Waals surface area (Å²) in [5.41, 5.74) is 3.04. The highest BCUT2D eigenvalue weighted by atomic mass is 35.5. The number of anilines is 2. The number of fused-ring (bicyclic) bond motifs is 1. The van der Waals surface area contributed by atoms with Crippen molar-refractivity contribution in [2.24, 2.45) is 0 Å². The average molecular weight is 385 g/mol. The second-order valence-electron chi connectivity index (χ2n) is 6.12. The van der Waals surface area contributed by atoms with Gasteiger partial charge in [0.15, 0.2) is 0 Å². The summed E-state index contributed by atoms with van der Waals surface area (Å²) < 4.78 is 0. The van der Waals surface area contributed by atoms with Crippen molar-refractivity contribution in [1.29, 1.82) is 0 Å². The van der Waals surface area contributed by atoms with Gasteiger partial charge in [-0.05, 0) is 36.8 Å². The molecule has 1 amide bonds. The molecule has 26 heavy (non-hydrogen) atoms. The molecule has 1 aliphatic rings. The number of carbonyl (C=O) groups excluding carboxylic acids is 1. The zero-order chi connectivity index (χ0) is 18.1. The number of benzene rings is 1. The topological polar surface area (TPSA) is 49.3 Å². The molecule has 0 N–H and O–H groups in total. The monoisotopic (exact) mass is 384 g/mol. The fourth-order valence-corrected chi connectivity index (χ4v) is 4.01. The third-order valence-electron chi connectivity index (χ3n) is 4.37. The molecule has 4 rings (SSSR count). The van der Waals surface area contributed by atoms with Crippen molar-refractivity contribution in [1.82, 2.24) is 9.97 Å². The molecule has 0 saturated carbocycles. The van der Waals surface area contributed by atoms with E-state index in [1.165, 1.54) is 11.3 Å². The van der Waals surface area contributed by atoms with Crippen LogP contribution in [0.2, 0.25) is 5.02 Å². The van der Waals surface area contributed by atoms with Crippen LogP contribution in [0.5, 0.6) is 0 Å². The number of amides is 1. The van der Waals surface area contributed by atoms with Crippen LogP contribution in [0.4, 0.5) is 11.4 Å². The Hall–Kier alpha value is -2.44. The summed E-state index contributed by atoms with van der Waals surface area (Å²) in [6.07, 6.45) is 2.60. The van der Waals surface area contributed by atoms with Crippen LogP contribution in [0.15, 0.2) is 48.0 Å². The minimum Gasteiger partial charge on any atom is -0.373 e. The second-order valence-corrected chi connectivity index (χ2v) is 7.41. The van der Waals surface area contributed by atoms with E-state index in [1.807, 2.05) is 43.4 Å². The molecule has 132 valence electrons. The molecule has 3 heterocycles. The van der Waals surface area contributed by atoms with Crippen LogP contribution in [-0.4, -0.2) is 36.0 Å². The minimum absolute atomic E-state index is 0.109. The van der Waals surface area contributed by atoms with Crippen LogP contribution in [0.3, 0.4) is 0 Å². The Morgan fingerprint density at radius 2 is 2.08 bits per heavy atom. The first-order chi connectivity index (χ1) is 12.6. The Bertz CT molecular complexity index is 944. The largest absolute Gasteiger partial charge is 0.373 e. The number of hydrogen-bond donors (Lipinski definition) is 0. The number of hydrogen-bond acceptors (Lipinski definition) is 5. The standard InChI is InChI=1S/C19H17ClN4OS/c1-23-9-4-10-24(17-11-13(20)6-7-16(17)23)19(25)15-12-26-18(22-15)14-5-2-3-8-21-14/h2-3,5-8,11-12H,4,9-10H2,1H3. The molecule has 0 spiro atoms. The summed E-state index contributed by atoms with van der Waals surface area (Å²) >= 11 is 7.63. The van der Waals surface area contributed by atoms with Crippen molar-refractivity contribution in [3.63, 3.8) is 0 Å². The number of thiazole rings is 1. The smallest absolute Gasteiger partial charge is 0.277 e. The van der Waals surface area contributed by atoms with E-state index >= 15 is 0 Å². The van der Waals surface area contributed by atoms with Crippen molar-refractivity contribution in [2.45, 2.75) is 6.42 Å². The van der Waals surface area contributed by atoms with E-state index in [0.29, 0.717) is 17.3 Å². The highest BCUT2D eigenvalue weighted by Gasteiger charge is 2.26. The maximum atomic E-state index is 13.2. The second kappa shape index (κ2) is 7.05. The summed E-state index contributed by atoms with van der Waals surface area (Å²) in [7, 11) is 2.03. The molecule has 0 aliphatic carbocycles. The normalized spacial score (nSPS) is 14.1. The van der Waals surface area contributed by atoms with E-state index in [9.17, 15) is 4.79 Å². The van der Waals surface area contributed by atoms with E-state index in [1.54, 1.807) is 16.5 Å². The lowest BCUT2D eigenvalue weighted by Crippen LogP contribution is -2.31. The summed E-state index contributed by atoms with van der Waals surface area (Å²) in [6.45, 7) is 1.52. The summed E-state index contributed by atoms with van der Waals surface area (Å²) in [6, 6.07) is 11.3. The lowest BCUT2D eigenvalue weighted by molar-refractivity contribution is 0.0983. The van der Waals surface area contributed by atoms with Crippen molar-refractivity contribution < 1.29 is 4.79 Å². The number of pyridine rings is 1. The van der Waals surface area contributed by atoms with Crippen LogP contribution in [-0.2, 0) is 0 Å². The summed E-state index contributed by atoms with van der Waals surface area (Å²) in [4.78, 5) is 25.9. The molecule has 7 heteroatoms. The molecule has 0 bridgehead atoms. The number of nitrogens with zero attached hydrogens (tertiary/aromatic N) is 4. The minimum atomic E-state index is -0.109. The first kappa shape index (κ1) is 17.0. The van der Waals surface area contributed by atoms with Gasteiger partial charge >= 0.3 is 0 Å². The Kier molecular flexibility index (Phi) is 4.61. The Balaban J connectivity index is 1.69. The molecule has 0 unspecified atom stereocenters. The van der Waals surface area contributed by atoms with E-state index in [2.05, 4.69) is 14.9 Å². The Morgan fingerprint density at radius 3 is 2.88 bits per heavy atom. The Labute approximate surface area is 160 Å². The molecule has 2 aromatic heterocycles. The molecule has 1 aromatic carbocycles. The van der Waals surface area contributed by atoms with E-state index in [-0.39, 0.29) is 5.91 Å². The number of rotatable bonds is 2. The van der Waals surface area contributed by atoms with Crippen LogP contribution >= 0.6 is 22.9 Å². The molecule has 5 nitrogen and oxygen atoms in total. The van der Waals surface area contributed by atoms with Crippen LogP contribution in [0, 0.1) is 0 Å². The van der Waals surface area contributed by atoms with Gasteiger partial charge in [-0.25, -0.2) is 4.98 Å². The van der Waals surface area contributed by atoms with E-state index < -0.39 is 0 Å². The van der Waals surface area contributed by atoms with Crippen molar-refractivity contribution in [3.05, 3.63) is 58.7 Å². The lowest BCUT2D eigenvalue weighted by Gasteiger charge is -2.24. The van der Waals surface area contributed by atoms with Gasteiger partial charge in [-0.2, -0.15) is 0 Å². The first-order valence-corrected chi connectivity index (χ1v) is 9.59. The van der Waals surface area contributed by atoms with Crippen LogP contribution in [0.1, 0.15) is 16.9 Å². The molecule has 0 fully saturated rings. The maximum Gasteiger partial charge on any atom is 0.277 e. The zero-order valence-corrected chi connectivity index (χ0v) is 15.8. The number of halogens is 1. The van der Waals surface area contributed by atoms with Crippen molar-refractivity contribution in [2.75, 3.05) is 29.9 Å². The quantitative estimate of drug-likeness (QED) is 0.659. The van der Waals surface area contributed by atoms with Crippen LogP contribution < -0.4 is 9.80 Å². The van der Waals surface area contributed by atoms with Gasteiger partial charge in [0.05, 0.1) is 17.1 Å². The number of aromatic nitrogens is 2. The van der Waals surface area contributed by atoms with E-state index in [0.717, 1.165) is 35.0 Å². The van der Waals surface area contributed by atoms with Crippen molar-refractivity contribution in [3.8, 4) is 10.7 Å². The molecule has 0 radical (unpaired) electrons. The highest BCUT2D eigenvalue weighted by molar-refractivity contribution is 7.13. The zero-order valence-electron chi connectivity index (χ0n) is 14.2. The molecule has 0 saturated heterocycles.